The molecule has 0 aliphatic heterocycles. The van der Waals surface area contributed by atoms with E-state index in [1.165, 1.54) is 10.6 Å². The zero-order chi connectivity index (χ0) is 11.9. The van der Waals surface area contributed by atoms with Crippen molar-refractivity contribution in [2.24, 2.45) is 5.73 Å². The van der Waals surface area contributed by atoms with E-state index in [-0.39, 0.29) is 17.5 Å². The smallest absolute Gasteiger partial charge is 0.326 e. The van der Waals surface area contributed by atoms with Crippen LogP contribution < -0.4 is 11.4 Å². The molecule has 1 atom stereocenters. The van der Waals surface area contributed by atoms with E-state index in [1.54, 1.807) is 19.9 Å². The number of nitrogens with one attached hydrogen (secondary N) is 1. The fourth-order valence-corrected chi connectivity index (χ4v) is 1.76. The predicted molar refractivity (Wildman–Crippen MR) is 60.9 cm³/mol. The van der Waals surface area contributed by atoms with Gasteiger partial charge in [-0.1, -0.05) is 0 Å². The summed E-state index contributed by atoms with van der Waals surface area (Å²) < 4.78 is 14.9. The molecule has 0 saturated carbocycles. The molecule has 0 bridgehead atoms. The minimum absolute atomic E-state index is 0.152. The molecule has 0 aliphatic carbocycles. The number of aromatic amines is 1. The summed E-state index contributed by atoms with van der Waals surface area (Å²) in [4.78, 5) is 14.3. The lowest BCUT2D eigenvalue weighted by atomic mass is 10.2. The van der Waals surface area contributed by atoms with Crippen molar-refractivity contribution in [1.82, 2.24) is 9.55 Å². The highest BCUT2D eigenvalue weighted by molar-refractivity contribution is 5.76. The monoisotopic (exact) mass is 223 g/mol. The second-order valence-electron chi connectivity index (χ2n) is 4.14. The van der Waals surface area contributed by atoms with E-state index in [9.17, 15) is 9.18 Å². The molecule has 4 nitrogen and oxygen atoms in total. The van der Waals surface area contributed by atoms with Crippen LogP contribution in [-0.2, 0) is 6.54 Å². The Balaban J connectivity index is 2.69. The number of benzene rings is 1. The molecule has 1 aromatic heterocycles. The van der Waals surface area contributed by atoms with Crippen molar-refractivity contribution < 1.29 is 4.39 Å². The van der Waals surface area contributed by atoms with E-state index in [4.69, 9.17) is 5.73 Å². The number of H-pyrrole nitrogens is 1. The molecule has 0 aliphatic rings. The van der Waals surface area contributed by atoms with Gasteiger partial charge in [0.25, 0.3) is 0 Å². The maximum absolute atomic E-state index is 13.4. The molecule has 3 N–H and O–H groups in total. The highest BCUT2D eigenvalue weighted by atomic mass is 19.1. The largest absolute Gasteiger partial charge is 0.326 e. The molecule has 1 aromatic carbocycles. The molecule has 5 heteroatoms. The van der Waals surface area contributed by atoms with Crippen molar-refractivity contribution in [2.45, 2.75) is 26.4 Å². The predicted octanol–water partition coefficient (Wildman–Crippen LogP) is 1.12. The van der Waals surface area contributed by atoms with Gasteiger partial charge in [0.2, 0.25) is 0 Å². The Morgan fingerprint density at radius 1 is 1.56 bits per heavy atom. The number of nitrogens with two attached hydrogens (primary N) is 1. The van der Waals surface area contributed by atoms with Crippen LogP contribution in [0.3, 0.4) is 0 Å². The lowest BCUT2D eigenvalue weighted by Crippen LogP contribution is -2.28. The van der Waals surface area contributed by atoms with Crippen LogP contribution in [0.1, 0.15) is 12.5 Å². The van der Waals surface area contributed by atoms with Crippen molar-refractivity contribution in [1.29, 1.82) is 0 Å². The van der Waals surface area contributed by atoms with Crippen LogP contribution in [0.4, 0.5) is 4.39 Å². The molecule has 0 saturated heterocycles. The third kappa shape index (κ3) is 1.74. The first kappa shape index (κ1) is 10.9. The minimum atomic E-state index is -0.315. The summed E-state index contributed by atoms with van der Waals surface area (Å²) in [5, 5.41) is 0. The normalized spacial score (nSPS) is 13.2. The third-order valence-corrected chi connectivity index (χ3v) is 2.53. The minimum Gasteiger partial charge on any atom is -0.326 e. The van der Waals surface area contributed by atoms with Gasteiger partial charge in [0.15, 0.2) is 0 Å². The Bertz CT molecular complexity index is 583. The van der Waals surface area contributed by atoms with Crippen molar-refractivity contribution >= 4 is 11.0 Å². The summed E-state index contributed by atoms with van der Waals surface area (Å²) in [6.45, 7) is 3.84. The SMILES string of the molecule is Cc1cc2[nH]c(=O)n(CC(C)N)c2cc1F. The number of hydrogen-bond acceptors (Lipinski definition) is 2. The Hall–Kier alpha value is -1.62. The van der Waals surface area contributed by atoms with Gasteiger partial charge in [0, 0.05) is 18.7 Å². The van der Waals surface area contributed by atoms with Crippen molar-refractivity contribution in [2.75, 3.05) is 0 Å². The topological polar surface area (TPSA) is 63.8 Å². The summed E-state index contributed by atoms with van der Waals surface area (Å²) in [6, 6.07) is 2.84. The standard InChI is InChI=1S/C11H14FN3O/c1-6-3-9-10(4-8(6)12)15(5-7(2)13)11(16)14-9/h3-4,7H,5,13H2,1-2H3,(H,14,16). The summed E-state index contributed by atoms with van der Waals surface area (Å²) in [5.74, 6) is -0.315. The van der Waals surface area contributed by atoms with Gasteiger partial charge >= 0.3 is 5.69 Å². The highest BCUT2D eigenvalue weighted by Gasteiger charge is 2.10. The van der Waals surface area contributed by atoms with Gasteiger partial charge in [-0.15, -0.1) is 0 Å². The van der Waals surface area contributed by atoms with Crippen LogP contribution in [0.25, 0.3) is 11.0 Å². The fourth-order valence-electron chi connectivity index (χ4n) is 1.76. The van der Waals surface area contributed by atoms with E-state index < -0.39 is 0 Å². The summed E-state index contributed by atoms with van der Waals surface area (Å²) >= 11 is 0. The van der Waals surface area contributed by atoms with Gasteiger partial charge in [-0.25, -0.2) is 9.18 Å². The number of imidazole rings is 1. The summed E-state index contributed by atoms with van der Waals surface area (Å²) in [5.41, 5.74) is 7.11. The molecule has 16 heavy (non-hydrogen) atoms. The Labute approximate surface area is 91.9 Å². The molecule has 0 spiro atoms. The van der Waals surface area contributed by atoms with Crippen LogP contribution in [0.15, 0.2) is 16.9 Å². The van der Waals surface area contributed by atoms with Crippen LogP contribution in [-0.4, -0.2) is 15.6 Å². The molecule has 86 valence electrons. The van der Waals surface area contributed by atoms with E-state index in [1.807, 2.05) is 0 Å². The molecular weight excluding hydrogens is 209 g/mol. The van der Waals surface area contributed by atoms with Gasteiger partial charge in [-0.05, 0) is 25.5 Å². The van der Waals surface area contributed by atoms with Crippen molar-refractivity contribution in [3.63, 3.8) is 0 Å². The molecule has 0 fully saturated rings. The van der Waals surface area contributed by atoms with E-state index in [2.05, 4.69) is 4.98 Å². The summed E-state index contributed by atoms with van der Waals surface area (Å²) in [6.07, 6.45) is 0. The number of aromatic nitrogens is 2. The average Bonchev–Trinajstić information content (AvgIpc) is 2.45. The first-order chi connectivity index (χ1) is 7.49. The maximum Gasteiger partial charge on any atom is 0.326 e. The molecule has 2 aromatic rings. The van der Waals surface area contributed by atoms with Crippen LogP contribution >= 0.6 is 0 Å². The van der Waals surface area contributed by atoms with Gasteiger partial charge in [0.05, 0.1) is 11.0 Å². The van der Waals surface area contributed by atoms with Gasteiger partial charge in [-0.3, -0.25) is 4.57 Å². The first-order valence-corrected chi connectivity index (χ1v) is 5.13. The van der Waals surface area contributed by atoms with E-state index in [0.29, 0.717) is 23.1 Å². The fraction of sp³-hybridized carbons (Fsp3) is 0.364. The lowest BCUT2D eigenvalue weighted by Gasteiger charge is -2.06. The third-order valence-electron chi connectivity index (χ3n) is 2.53. The van der Waals surface area contributed by atoms with Crippen molar-refractivity contribution in [3.05, 3.63) is 34.0 Å². The number of halogens is 1. The van der Waals surface area contributed by atoms with Crippen LogP contribution in [0.2, 0.25) is 0 Å². The van der Waals surface area contributed by atoms with Crippen molar-refractivity contribution in [3.8, 4) is 0 Å². The zero-order valence-corrected chi connectivity index (χ0v) is 9.25. The Morgan fingerprint density at radius 3 is 2.88 bits per heavy atom. The van der Waals surface area contributed by atoms with Gasteiger partial charge in [-0.2, -0.15) is 0 Å². The summed E-state index contributed by atoms with van der Waals surface area (Å²) in [7, 11) is 0. The Kier molecular flexibility index (Phi) is 2.55. The van der Waals surface area contributed by atoms with Crippen LogP contribution in [0.5, 0.6) is 0 Å². The number of rotatable bonds is 2. The molecule has 1 heterocycles. The first-order valence-electron chi connectivity index (χ1n) is 5.13. The van der Waals surface area contributed by atoms with Gasteiger partial charge < -0.3 is 10.7 Å². The Morgan fingerprint density at radius 2 is 2.25 bits per heavy atom. The number of aryl methyl sites for hydroxylation is 1. The second-order valence-corrected chi connectivity index (χ2v) is 4.14. The van der Waals surface area contributed by atoms with E-state index in [0.717, 1.165) is 0 Å². The zero-order valence-electron chi connectivity index (χ0n) is 9.25. The average molecular weight is 223 g/mol. The molecule has 0 radical (unpaired) electrons. The maximum atomic E-state index is 13.4. The highest BCUT2D eigenvalue weighted by Crippen LogP contribution is 2.16. The van der Waals surface area contributed by atoms with Crippen LogP contribution in [0, 0.1) is 12.7 Å². The molecule has 2 rings (SSSR count). The second kappa shape index (κ2) is 3.75. The molecule has 1 unspecified atom stereocenters. The number of fused-ring (bicyclic) bond motifs is 1. The number of hydrogen-bond donors (Lipinski definition) is 2. The van der Waals surface area contributed by atoms with E-state index >= 15 is 0 Å². The lowest BCUT2D eigenvalue weighted by molar-refractivity contribution is 0.584. The number of nitrogens with zero attached hydrogens (tertiary/aromatic N) is 1. The molecule has 0 amide bonds. The quantitative estimate of drug-likeness (QED) is 0.801. The molecular formula is C11H14FN3O. The van der Waals surface area contributed by atoms with Gasteiger partial charge in [0.1, 0.15) is 5.82 Å².